The number of methoxy groups -OCH3 is 1. The molecule has 7 bridgehead atoms. The van der Waals surface area contributed by atoms with Crippen molar-refractivity contribution < 1.29 is 64.9 Å². The summed E-state index contributed by atoms with van der Waals surface area (Å²) in [6.45, 7) is 66.3. The van der Waals surface area contributed by atoms with Crippen LogP contribution in [0.1, 0.15) is 201 Å². The summed E-state index contributed by atoms with van der Waals surface area (Å²) in [7, 11) is -10.4. The van der Waals surface area contributed by atoms with Crippen molar-refractivity contribution in [3.8, 4) is 0 Å². The summed E-state index contributed by atoms with van der Waals surface area (Å²) in [4.78, 5) is 28.8. The smallest absolute Gasteiger partial charge is 0.303 e. The van der Waals surface area contributed by atoms with Gasteiger partial charge in [-0.05, 0) is 154 Å². The molecule has 20 heteroatoms. The molecule has 5 fully saturated rings. The third kappa shape index (κ3) is 19.7. The highest BCUT2D eigenvalue weighted by atomic mass is 127. The number of Topliss-reactive ketones (excluding diaryl/α,β-unsaturated/α-hetero) is 1. The minimum absolute atomic E-state index is 0.00768. The Morgan fingerprint density at radius 3 is 1.75 bits per heavy atom. The molecule has 8 rings (SSSR count). The first-order valence-corrected chi connectivity index (χ1v) is 51.7. The van der Waals surface area contributed by atoms with Gasteiger partial charge in [-0.3, -0.25) is 9.59 Å². The van der Waals surface area contributed by atoms with Gasteiger partial charge >= 0.3 is 5.97 Å². The maximum atomic E-state index is 15.5. The van der Waals surface area contributed by atoms with Crippen LogP contribution in [0.4, 0.5) is 0 Å². The van der Waals surface area contributed by atoms with E-state index in [2.05, 4.69) is 211 Å². The van der Waals surface area contributed by atoms with E-state index in [1.54, 1.807) is 7.11 Å². The molecule has 8 aliphatic heterocycles. The molecule has 7 unspecified atom stereocenters. The van der Waals surface area contributed by atoms with Crippen LogP contribution in [-0.4, -0.2) is 169 Å². The summed E-state index contributed by atoms with van der Waals surface area (Å²) in [6, 6.07) is 0. The summed E-state index contributed by atoms with van der Waals surface area (Å²) >= 11 is 2.52. The molecule has 0 spiro atoms. The van der Waals surface area contributed by atoms with Gasteiger partial charge in [0.2, 0.25) is 0 Å². The Morgan fingerprint density at radius 2 is 1.21 bits per heavy atom. The van der Waals surface area contributed by atoms with Crippen molar-refractivity contribution in [2.75, 3.05) is 18.1 Å². The lowest BCUT2D eigenvalue weighted by Crippen LogP contribution is -2.69. The molecule has 0 radical (unpaired) electrons. The van der Waals surface area contributed by atoms with Crippen LogP contribution in [0.3, 0.4) is 0 Å². The number of esters is 1. The third-order valence-corrected chi connectivity index (χ3v) is 48.1. The number of hydrogen-bond donors (Lipinski definition) is 0. The van der Waals surface area contributed by atoms with E-state index >= 15 is 4.79 Å². The SMILES string of the molecule is C=C1[C@H](C)CC2CC[C@@H]3O[C@@H](CCC/C=C/C(O[Si](C)(C)C(C)(C)C)[C@@H]4O[C@H]5CC[C@H](CC(=O)C[C@H]6C(C[C@H]1OC(C)=O)OC(C[C@@H](CO[Si](C)(C)C(C)(C)C)O[Si](C)(C)C(C)(C)C)[C@@H]6OC)O[C@@H]5C(O[Si](C)(C)C(C)(C)C)C4O[Si](C)(C)C(C)(C)C)CC3(CI)O2. The number of halogens is 1. The maximum absolute atomic E-state index is 15.5. The fourth-order valence-electron chi connectivity index (χ4n) is 13.3. The van der Waals surface area contributed by atoms with E-state index in [9.17, 15) is 4.79 Å². The number of ketones is 1. The van der Waals surface area contributed by atoms with Gasteiger partial charge in [0.15, 0.2) is 41.6 Å². The van der Waals surface area contributed by atoms with Gasteiger partial charge in [-0.2, -0.15) is 0 Å². The van der Waals surface area contributed by atoms with Crippen LogP contribution in [0.15, 0.2) is 24.3 Å². The van der Waals surface area contributed by atoms with Crippen molar-refractivity contribution in [1.29, 1.82) is 0 Å². The van der Waals surface area contributed by atoms with Gasteiger partial charge in [-0.25, -0.2) is 0 Å². The first-order chi connectivity index (χ1) is 41.9. The second kappa shape index (κ2) is 30.7. The highest BCUT2D eigenvalue weighted by molar-refractivity contribution is 14.1. The van der Waals surface area contributed by atoms with Gasteiger partial charge in [0.25, 0.3) is 0 Å². The van der Waals surface area contributed by atoms with Gasteiger partial charge in [0.05, 0.1) is 67.6 Å². The Balaban J connectivity index is 1.48. The Hall–Kier alpha value is -0.00558. The minimum atomic E-state index is -2.56. The molecule has 8 aliphatic rings. The number of allylic oxidation sites excluding steroid dienone is 1. The summed E-state index contributed by atoms with van der Waals surface area (Å²) < 4.78 is 88.2. The number of carbonyl (C=O) groups is 2. The van der Waals surface area contributed by atoms with Crippen molar-refractivity contribution in [2.24, 2.45) is 11.8 Å². The lowest BCUT2D eigenvalue weighted by molar-refractivity contribution is -0.266. The summed E-state index contributed by atoms with van der Waals surface area (Å²) in [5, 5.41) is -0.414. The molecule has 0 aromatic rings. The highest BCUT2D eigenvalue weighted by Crippen LogP contribution is 2.51. The minimum Gasteiger partial charge on any atom is -0.458 e. The second-order valence-electron chi connectivity index (χ2n) is 36.7. The number of carbonyl (C=O) groups excluding carboxylic acids is 2. The first kappa shape index (κ1) is 81.0. The third-order valence-electron chi connectivity index (χ3n) is 24.4. The molecule has 0 saturated carbocycles. The number of alkyl halides is 1. The van der Waals surface area contributed by atoms with Crippen molar-refractivity contribution >= 4 is 75.9 Å². The van der Waals surface area contributed by atoms with E-state index < -0.39 is 120 Å². The average Bonchev–Trinajstić information content (AvgIpc) is 0.910. The predicted octanol–water partition coefficient (Wildman–Crippen LogP) is 18.2. The van der Waals surface area contributed by atoms with Crippen LogP contribution >= 0.6 is 22.6 Å². The van der Waals surface area contributed by atoms with Crippen molar-refractivity contribution in [3.05, 3.63) is 24.3 Å². The van der Waals surface area contributed by atoms with E-state index in [0.29, 0.717) is 32.3 Å². The quantitative estimate of drug-likeness (QED) is 0.0475. The van der Waals surface area contributed by atoms with Crippen LogP contribution in [0.2, 0.25) is 90.7 Å². The zero-order valence-electron chi connectivity index (χ0n) is 63.4. The maximum Gasteiger partial charge on any atom is 0.303 e. The summed E-state index contributed by atoms with van der Waals surface area (Å²) in [6.07, 6.45) is 7.60. The van der Waals surface area contributed by atoms with Crippen LogP contribution < -0.4 is 0 Å². The molecular weight excluding hydrogens is 1360 g/mol. The Labute approximate surface area is 580 Å². The number of fused-ring (bicyclic) bond motifs is 2. The highest BCUT2D eigenvalue weighted by Gasteiger charge is 2.59. The van der Waals surface area contributed by atoms with E-state index in [0.717, 1.165) is 54.9 Å². The fraction of sp³-hybridized carbons (Fsp3) is 0.917. The van der Waals surface area contributed by atoms with Gasteiger partial charge < -0.3 is 55.3 Å². The van der Waals surface area contributed by atoms with E-state index in [1.807, 2.05) is 0 Å². The number of hydrogen-bond acceptors (Lipinski definition) is 14. The number of ether oxygens (including phenoxy) is 7. The average molecular weight is 1490 g/mol. The molecule has 0 amide bonds. The molecule has 0 aromatic carbocycles. The predicted molar refractivity (Wildman–Crippen MR) is 395 cm³/mol. The van der Waals surface area contributed by atoms with Gasteiger partial charge in [0.1, 0.15) is 41.9 Å². The van der Waals surface area contributed by atoms with Gasteiger partial charge in [0, 0.05) is 56.5 Å². The Bertz CT molecular complexity index is 2470. The molecule has 8 heterocycles. The van der Waals surface area contributed by atoms with Gasteiger partial charge in [-0.1, -0.05) is 152 Å². The van der Waals surface area contributed by atoms with E-state index in [4.69, 9.17) is 61.9 Å². The van der Waals surface area contributed by atoms with Gasteiger partial charge in [-0.15, -0.1) is 0 Å². The molecule has 5 saturated heterocycles. The van der Waals surface area contributed by atoms with Crippen LogP contribution in [0.5, 0.6) is 0 Å². The summed E-state index contributed by atoms with van der Waals surface area (Å²) in [5.74, 6) is -0.784. The zero-order valence-corrected chi connectivity index (χ0v) is 70.5. The first-order valence-electron chi connectivity index (χ1n) is 35.7. The van der Waals surface area contributed by atoms with E-state index in [-0.39, 0.29) is 80.3 Å². The molecule has 18 atom stereocenters. The monoisotopic (exact) mass is 1490 g/mol. The lowest BCUT2D eigenvalue weighted by Gasteiger charge is -2.56. The molecule has 92 heavy (non-hydrogen) atoms. The summed E-state index contributed by atoms with van der Waals surface area (Å²) in [5.41, 5.74) is 0.425. The fourth-order valence-corrected chi connectivity index (χ4v) is 20.5. The lowest BCUT2D eigenvalue weighted by atomic mass is 9.81. The van der Waals surface area contributed by atoms with Crippen molar-refractivity contribution in [3.63, 3.8) is 0 Å². The van der Waals surface area contributed by atoms with E-state index in [1.165, 1.54) is 6.92 Å². The topological polar surface area (TPSA) is 145 Å². The Kier molecular flexibility index (Phi) is 27.0. The van der Waals surface area contributed by atoms with Crippen LogP contribution in [0.25, 0.3) is 0 Å². The molecule has 534 valence electrons. The zero-order chi connectivity index (χ0) is 69.6. The number of rotatable bonds is 16. The van der Waals surface area contributed by atoms with Crippen LogP contribution in [-0.2, 0) is 64.9 Å². The standard InChI is InChI=1S/C72H135IO14Si5/c1-47-39-52-36-38-61-72(46-73,83-52)44-53(79-61)33-31-30-32-34-57(85-90(24,25)69(10,11)12)64-66(87-92(28,29)71(16,17)18)65(86-91(26,27)70(13,14)15)63-56(82-64)37-35-51(80-63)40-50(75)41-55-59(43-58(48(47)2)78-49(3)74)81-60(62(55)76-19)42-54(84-89(22,23)68(7,8)9)45-77-88(20,21)67(4,5)6/h32,34,47,51-66H,2,30-31,33,35-46H2,1,3-29H3/b34-32+/t47-,51-,52?,53+,54+,55+,56+,57?,58-,59?,60?,61+,62-,63+,64+,65?,66?,72?/m1/s1. The molecule has 14 nitrogen and oxygen atoms in total. The second-order valence-corrected chi connectivity index (χ2v) is 61.3. The molecular formula is C72H135IO14Si5. The van der Waals surface area contributed by atoms with Crippen molar-refractivity contribution in [2.45, 2.75) is 389 Å². The normalized spacial score (nSPS) is 35.1. The molecule has 0 aromatic heterocycles. The van der Waals surface area contributed by atoms with Crippen LogP contribution in [0, 0.1) is 11.8 Å². The Morgan fingerprint density at radius 1 is 0.652 bits per heavy atom. The molecule has 0 aliphatic carbocycles. The molecule has 0 N–H and O–H groups in total. The van der Waals surface area contributed by atoms with Crippen molar-refractivity contribution in [1.82, 2.24) is 0 Å². The largest absolute Gasteiger partial charge is 0.458 e.